The third-order valence-electron chi connectivity index (χ3n) is 4.13. The first kappa shape index (κ1) is 17.3. The number of sulfonamides is 1. The number of aromatic nitrogens is 2. The van der Waals surface area contributed by atoms with E-state index >= 15 is 0 Å². The molecule has 0 aliphatic heterocycles. The summed E-state index contributed by atoms with van der Waals surface area (Å²) in [7, 11) is -2.11. The number of aryl methyl sites for hydroxylation is 2. The van der Waals surface area contributed by atoms with Gasteiger partial charge in [0.25, 0.3) is 5.56 Å². The van der Waals surface area contributed by atoms with Crippen molar-refractivity contribution >= 4 is 20.9 Å². The van der Waals surface area contributed by atoms with Crippen LogP contribution in [0.5, 0.6) is 0 Å². The molecule has 0 spiro atoms. The summed E-state index contributed by atoms with van der Waals surface area (Å²) in [5.41, 5.74) is 1.87. The number of fused-ring (bicyclic) bond motifs is 1. The Hall–Kier alpha value is -2.51. The monoisotopic (exact) mass is 357 g/mol. The van der Waals surface area contributed by atoms with Crippen LogP contribution in [0.25, 0.3) is 10.9 Å². The lowest BCUT2D eigenvalue weighted by molar-refractivity contribution is 0.575. The maximum atomic E-state index is 12.6. The number of nitrogens with zero attached hydrogens (tertiary/aromatic N) is 2. The maximum Gasteiger partial charge on any atom is 0.261 e. The first-order valence-corrected chi connectivity index (χ1v) is 9.29. The second-order valence-electron chi connectivity index (χ2n) is 6.00. The van der Waals surface area contributed by atoms with E-state index in [4.69, 9.17) is 0 Å². The zero-order valence-corrected chi connectivity index (χ0v) is 15.1. The van der Waals surface area contributed by atoms with E-state index in [1.54, 1.807) is 50.4 Å². The molecule has 1 aromatic heterocycles. The van der Waals surface area contributed by atoms with Gasteiger partial charge in [-0.3, -0.25) is 9.36 Å². The summed E-state index contributed by atoms with van der Waals surface area (Å²) in [6.45, 7) is 3.53. The van der Waals surface area contributed by atoms with Crippen molar-refractivity contribution in [2.45, 2.75) is 25.3 Å². The van der Waals surface area contributed by atoms with Crippen LogP contribution in [0.15, 0.2) is 52.2 Å². The number of hydrogen-bond acceptors (Lipinski definition) is 4. The zero-order chi connectivity index (χ0) is 18.2. The van der Waals surface area contributed by atoms with E-state index in [1.165, 1.54) is 4.57 Å². The van der Waals surface area contributed by atoms with E-state index in [2.05, 4.69) is 9.71 Å². The number of rotatable bonds is 4. The molecule has 130 valence electrons. The minimum absolute atomic E-state index is 0.0632. The SMILES string of the molecule is Cc1ccc(C)c(S(=O)(=O)NCc2nc3ccccc3c(=O)n2C)c1. The highest BCUT2D eigenvalue weighted by Crippen LogP contribution is 2.17. The molecule has 25 heavy (non-hydrogen) atoms. The predicted molar refractivity (Wildman–Crippen MR) is 96.9 cm³/mol. The van der Waals surface area contributed by atoms with Crippen LogP contribution in [-0.4, -0.2) is 18.0 Å². The van der Waals surface area contributed by atoms with Crippen LogP contribution in [0, 0.1) is 13.8 Å². The normalized spacial score (nSPS) is 11.8. The number of hydrogen-bond donors (Lipinski definition) is 1. The molecule has 0 aliphatic rings. The van der Waals surface area contributed by atoms with E-state index in [-0.39, 0.29) is 17.0 Å². The molecule has 6 nitrogen and oxygen atoms in total. The fraction of sp³-hybridized carbons (Fsp3) is 0.222. The quantitative estimate of drug-likeness (QED) is 0.775. The van der Waals surface area contributed by atoms with Gasteiger partial charge in [0, 0.05) is 7.05 Å². The number of nitrogens with one attached hydrogen (secondary N) is 1. The summed E-state index contributed by atoms with van der Waals surface area (Å²) in [6, 6.07) is 12.3. The molecular formula is C18H19N3O3S. The second-order valence-corrected chi connectivity index (χ2v) is 7.74. The summed E-state index contributed by atoms with van der Waals surface area (Å²) < 4.78 is 29.1. The lowest BCUT2D eigenvalue weighted by Gasteiger charge is -2.12. The largest absolute Gasteiger partial charge is 0.298 e. The van der Waals surface area contributed by atoms with Crippen molar-refractivity contribution in [2.75, 3.05) is 0 Å². The Morgan fingerprint density at radius 1 is 1.12 bits per heavy atom. The van der Waals surface area contributed by atoms with Gasteiger partial charge in [0.15, 0.2) is 0 Å². The molecule has 0 aliphatic carbocycles. The molecule has 0 bridgehead atoms. The first-order valence-electron chi connectivity index (χ1n) is 7.81. The van der Waals surface area contributed by atoms with E-state index in [9.17, 15) is 13.2 Å². The van der Waals surface area contributed by atoms with E-state index < -0.39 is 10.0 Å². The topological polar surface area (TPSA) is 81.1 Å². The van der Waals surface area contributed by atoms with Crippen molar-refractivity contribution in [3.8, 4) is 0 Å². The third kappa shape index (κ3) is 3.33. The molecule has 0 amide bonds. The van der Waals surface area contributed by atoms with Gasteiger partial charge in [-0.25, -0.2) is 18.1 Å². The highest BCUT2D eigenvalue weighted by atomic mass is 32.2. The molecule has 3 aromatic rings. The molecule has 0 radical (unpaired) electrons. The van der Waals surface area contributed by atoms with Crippen LogP contribution >= 0.6 is 0 Å². The summed E-state index contributed by atoms with van der Waals surface area (Å²) in [6.07, 6.45) is 0. The van der Waals surface area contributed by atoms with Gasteiger partial charge in [-0.1, -0.05) is 24.3 Å². The second kappa shape index (κ2) is 6.42. The highest BCUT2D eigenvalue weighted by Gasteiger charge is 2.18. The molecular weight excluding hydrogens is 338 g/mol. The molecule has 0 unspecified atom stereocenters. The standard InChI is InChI=1S/C18H19N3O3S/c1-12-8-9-13(2)16(10-12)25(23,24)19-11-17-20-15-7-5-4-6-14(15)18(22)21(17)3/h4-10,19H,11H2,1-3H3. The van der Waals surface area contributed by atoms with Crippen LogP contribution in [0.4, 0.5) is 0 Å². The van der Waals surface area contributed by atoms with Gasteiger partial charge >= 0.3 is 0 Å². The van der Waals surface area contributed by atoms with Crippen LogP contribution in [0.3, 0.4) is 0 Å². The lowest BCUT2D eigenvalue weighted by Crippen LogP contribution is -2.30. The van der Waals surface area contributed by atoms with Crippen LogP contribution in [0.2, 0.25) is 0 Å². The maximum absolute atomic E-state index is 12.6. The summed E-state index contributed by atoms with van der Waals surface area (Å²) in [5.74, 6) is 0.359. The number of benzene rings is 2. The zero-order valence-electron chi connectivity index (χ0n) is 14.3. The molecule has 7 heteroatoms. The lowest BCUT2D eigenvalue weighted by atomic mass is 10.2. The Morgan fingerprint density at radius 2 is 1.84 bits per heavy atom. The fourth-order valence-electron chi connectivity index (χ4n) is 2.66. The van der Waals surface area contributed by atoms with Crippen LogP contribution in [0.1, 0.15) is 17.0 Å². The van der Waals surface area contributed by atoms with Crippen molar-refractivity contribution in [2.24, 2.45) is 7.05 Å². The van der Waals surface area contributed by atoms with Gasteiger partial charge < -0.3 is 0 Å². The Bertz CT molecular complexity index is 1120. The Balaban J connectivity index is 1.96. The Kier molecular flexibility index (Phi) is 4.45. The van der Waals surface area contributed by atoms with Crippen molar-refractivity contribution in [3.63, 3.8) is 0 Å². The minimum atomic E-state index is -3.70. The van der Waals surface area contributed by atoms with Crippen molar-refractivity contribution < 1.29 is 8.42 Å². The Morgan fingerprint density at radius 3 is 2.60 bits per heavy atom. The summed E-state index contributed by atoms with van der Waals surface area (Å²) in [4.78, 5) is 17.0. The van der Waals surface area contributed by atoms with Gasteiger partial charge in [0.05, 0.1) is 22.3 Å². The minimum Gasteiger partial charge on any atom is -0.298 e. The van der Waals surface area contributed by atoms with Crippen molar-refractivity contribution in [1.29, 1.82) is 0 Å². The fourth-order valence-corrected chi connectivity index (χ4v) is 3.96. The smallest absolute Gasteiger partial charge is 0.261 e. The summed E-state index contributed by atoms with van der Waals surface area (Å²) in [5, 5.41) is 0.506. The van der Waals surface area contributed by atoms with Crippen LogP contribution in [-0.2, 0) is 23.6 Å². The summed E-state index contributed by atoms with van der Waals surface area (Å²) >= 11 is 0. The van der Waals surface area contributed by atoms with E-state index in [0.29, 0.717) is 22.3 Å². The van der Waals surface area contributed by atoms with E-state index in [1.807, 2.05) is 13.0 Å². The van der Waals surface area contributed by atoms with Crippen LogP contribution < -0.4 is 10.3 Å². The van der Waals surface area contributed by atoms with Gasteiger partial charge in [0.1, 0.15) is 5.82 Å². The average Bonchev–Trinajstić information content (AvgIpc) is 2.59. The molecule has 0 atom stereocenters. The van der Waals surface area contributed by atoms with Gasteiger partial charge in [-0.15, -0.1) is 0 Å². The first-order chi connectivity index (χ1) is 11.8. The molecule has 0 fully saturated rings. The number of para-hydroxylation sites is 1. The van der Waals surface area contributed by atoms with Gasteiger partial charge in [0.2, 0.25) is 10.0 Å². The van der Waals surface area contributed by atoms with Gasteiger partial charge in [-0.2, -0.15) is 0 Å². The molecule has 0 saturated carbocycles. The molecule has 2 aromatic carbocycles. The molecule has 1 heterocycles. The van der Waals surface area contributed by atoms with E-state index in [0.717, 1.165) is 5.56 Å². The molecule has 0 saturated heterocycles. The third-order valence-corrected chi connectivity index (χ3v) is 5.67. The van der Waals surface area contributed by atoms with Gasteiger partial charge in [-0.05, 0) is 43.2 Å². The van der Waals surface area contributed by atoms with Crippen molar-refractivity contribution in [3.05, 3.63) is 69.8 Å². The average molecular weight is 357 g/mol. The molecule has 3 rings (SSSR count). The Labute approximate surface area is 146 Å². The molecule has 1 N–H and O–H groups in total. The van der Waals surface area contributed by atoms with Crippen molar-refractivity contribution in [1.82, 2.24) is 14.3 Å². The predicted octanol–water partition coefficient (Wildman–Crippen LogP) is 2.03. The highest BCUT2D eigenvalue weighted by molar-refractivity contribution is 7.89.